The number of aliphatic hydroxyl groups is 1. The molecule has 0 radical (unpaired) electrons. The molecule has 3 aliphatic carbocycles. The van der Waals surface area contributed by atoms with Gasteiger partial charge in [-0.3, -0.25) is 14.4 Å². The van der Waals surface area contributed by atoms with E-state index in [2.05, 4.69) is 12.1 Å². The number of esters is 2. The molecule has 0 spiro atoms. The Morgan fingerprint density at radius 1 is 1.09 bits per heavy atom. The van der Waals surface area contributed by atoms with Crippen molar-refractivity contribution in [3.05, 3.63) is 58.8 Å². The Hall–Kier alpha value is -3.30. The van der Waals surface area contributed by atoms with Crippen molar-refractivity contribution in [1.82, 2.24) is 4.90 Å². The molecule has 230 valence electrons. The number of ketones is 2. The van der Waals surface area contributed by atoms with E-state index in [0.29, 0.717) is 49.4 Å². The van der Waals surface area contributed by atoms with E-state index in [-0.39, 0.29) is 18.1 Å². The second-order valence-corrected chi connectivity index (χ2v) is 13.3. The summed E-state index contributed by atoms with van der Waals surface area (Å²) in [6.45, 7) is 6.43. The summed E-state index contributed by atoms with van der Waals surface area (Å²) in [4.78, 5) is 56.4. The number of benzene rings is 1. The predicted octanol–water partition coefficient (Wildman–Crippen LogP) is 3.51. The monoisotopic (exact) mass is 591 g/mol. The van der Waals surface area contributed by atoms with Crippen molar-refractivity contribution in [3.63, 3.8) is 0 Å². The van der Waals surface area contributed by atoms with Crippen LogP contribution in [-0.4, -0.2) is 78.6 Å². The van der Waals surface area contributed by atoms with Crippen LogP contribution < -0.4 is 0 Å². The van der Waals surface area contributed by atoms with Crippen LogP contribution in [-0.2, 0) is 33.4 Å². The number of methoxy groups -OCH3 is 1. The van der Waals surface area contributed by atoms with Gasteiger partial charge in [-0.1, -0.05) is 44.2 Å². The topological polar surface area (TPSA) is 119 Å². The third-order valence-electron chi connectivity index (χ3n) is 11.0. The second kappa shape index (κ2) is 11.0. The maximum absolute atomic E-state index is 14.2. The maximum Gasteiger partial charge on any atom is 0.336 e. The molecular weight excluding hydrogens is 550 g/mol. The number of carbonyl (C=O) groups is 4. The van der Waals surface area contributed by atoms with E-state index in [9.17, 15) is 24.3 Å². The summed E-state index contributed by atoms with van der Waals surface area (Å²) >= 11 is 0. The van der Waals surface area contributed by atoms with Crippen LogP contribution in [0.4, 0.5) is 0 Å². The number of allylic oxidation sites excluding steroid dienone is 1. The molecule has 7 atom stereocenters. The van der Waals surface area contributed by atoms with Crippen molar-refractivity contribution >= 4 is 23.5 Å². The van der Waals surface area contributed by atoms with Gasteiger partial charge in [-0.05, 0) is 55.1 Å². The van der Waals surface area contributed by atoms with Gasteiger partial charge in [0.25, 0.3) is 0 Å². The summed E-state index contributed by atoms with van der Waals surface area (Å²) in [6.07, 6.45) is 2.37. The highest BCUT2D eigenvalue weighted by Crippen LogP contribution is 2.63. The van der Waals surface area contributed by atoms with Crippen molar-refractivity contribution < 1.29 is 38.5 Å². The first-order valence-corrected chi connectivity index (χ1v) is 15.4. The number of Topliss-reactive ketones (excluding diaryl/α,β-unsaturated/α-hetero) is 2. The average molecular weight is 592 g/mol. The number of nitrogens with zero attached hydrogens (tertiary/aromatic N) is 1. The van der Waals surface area contributed by atoms with Crippen LogP contribution in [0.15, 0.2) is 53.3 Å². The Bertz CT molecular complexity index is 1390. The Balaban J connectivity index is 1.43. The minimum Gasteiger partial charge on any atom is -0.458 e. The van der Waals surface area contributed by atoms with Crippen molar-refractivity contribution in [1.29, 1.82) is 0 Å². The van der Waals surface area contributed by atoms with E-state index in [1.807, 2.05) is 36.9 Å². The SMILES string of the molecule is COC[C@H]1OC(=O)C(=CN2CCC(c3ccccc3)CC2)C2C(=O)C(=O)C3=C([C@H](OC(C)=O)C[C@@]4(C)C3CC[C@@H]4O)[C@]21C. The number of ether oxygens (including phenoxy) is 3. The van der Waals surface area contributed by atoms with Crippen molar-refractivity contribution in [2.45, 2.75) is 77.1 Å². The van der Waals surface area contributed by atoms with Crippen LogP contribution in [0.25, 0.3) is 0 Å². The van der Waals surface area contributed by atoms with Gasteiger partial charge in [0.15, 0.2) is 0 Å². The van der Waals surface area contributed by atoms with E-state index in [0.717, 1.165) is 12.8 Å². The van der Waals surface area contributed by atoms with E-state index in [1.54, 1.807) is 6.20 Å². The molecule has 2 saturated heterocycles. The zero-order valence-corrected chi connectivity index (χ0v) is 25.3. The molecule has 1 aromatic carbocycles. The predicted molar refractivity (Wildman–Crippen MR) is 155 cm³/mol. The van der Waals surface area contributed by atoms with Gasteiger partial charge in [-0.25, -0.2) is 4.79 Å². The van der Waals surface area contributed by atoms with Crippen LogP contribution in [0.5, 0.6) is 0 Å². The van der Waals surface area contributed by atoms with Gasteiger partial charge in [-0.2, -0.15) is 0 Å². The molecule has 1 saturated carbocycles. The third kappa shape index (κ3) is 4.67. The summed E-state index contributed by atoms with van der Waals surface area (Å²) < 4.78 is 17.4. The number of piperidine rings is 1. The Morgan fingerprint density at radius 2 is 1.79 bits per heavy atom. The quantitative estimate of drug-likeness (QED) is 0.312. The molecule has 0 aromatic heterocycles. The van der Waals surface area contributed by atoms with Gasteiger partial charge in [0.05, 0.1) is 24.2 Å². The fourth-order valence-electron chi connectivity index (χ4n) is 8.77. The average Bonchev–Trinajstić information content (AvgIpc) is 3.27. The molecule has 9 heteroatoms. The molecule has 9 nitrogen and oxygen atoms in total. The van der Waals surface area contributed by atoms with Gasteiger partial charge < -0.3 is 24.2 Å². The Labute approximate surface area is 252 Å². The molecule has 2 unspecified atom stereocenters. The molecule has 0 bridgehead atoms. The minimum absolute atomic E-state index is 0.00406. The smallest absolute Gasteiger partial charge is 0.336 e. The lowest BCUT2D eigenvalue weighted by Gasteiger charge is -2.56. The van der Waals surface area contributed by atoms with Crippen molar-refractivity contribution in [3.8, 4) is 0 Å². The second-order valence-electron chi connectivity index (χ2n) is 13.3. The largest absolute Gasteiger partial charge is 0.458 e. The molecule has 0 amide bonds. The fraction of sp³-hybridized carbons (Fsp3) is 0.588. The van der Waals surface area contributed by atoms with Crippen LogP contribution in [0, 0.1) is 22.7 Å². The van der Waals surface area contributed by atoms with Crippen molar-refractivity contribution in [2.24, 2.45) is 22.7 Å². The van der Waals surface area contributed by atoms with Crippen LogP contribution in [0.1, 0.15) is 64.4 Å². The van der Waals surface area contributed by atoms with Crippen LogP contribution in [0.3, 0.4) is 0 Å². The molecular formula is C34H41NO8. The van der Waals surface area contributed by atoms with Crippen molar-refractivity contribution in [2.75, 3.05) is 26.8 Å². The lowest BCUT2D eigenvalue weighted by atomic mass is 9.50. The molecule has 6 rings (SSSR count). The highest BCUT2D eigenvalue weighted by molar-refractivity contribution is 6.47. The van der Waals surface area contributed by atoms with Gasteiger partial charge in [0.2, 0.25) is 11.6 Å². The zero-order valence-electron chi connectivity index (χ0n) is 25.3. The van der Waals surface area contributed by atoms with E-state index in [1.165, 1.54) is 19.6 Å². The number of hydrogen-bond donors (Lipinski definition) is 1. The number of likely N-dealkylation sites (tertiary alicyclic amines) is 1. The van der Waals surface area contributed by atoms with E-state index in [4.69, 9.17) is 14.2 Å². The number of aliphatic hydroxyl groups excluding tert-OH is 1. The van der Waals surface area contributed by atoms with E-state index >= 15 is 0 Å². The maximum atomic E-state index is 14.2. The molecule has 43 heavy (non-hydrogen) atoms. The number of hydrogen-bond acceptors (Lipinski definition) is 9. The molecule has 2 aliphatic heterocycles. The molecule has 5 aliphatic rings. The molecule has 1 aromatic rings. The first-order chi connectivity index (χ1) is 20.5. The molecule has 1 N–H and O–H groups in total. The minimum atomic E-state index is -1.19. The summed E-state index contributed by atoms with van der Waals surface area (Å²) in [5.41, 5.74) is 0.376. The first-order valence-electron chi connectivity index (χ1n) is 15.4. The summed E-state index contributed by atoms with van der Waals surface area (Å²) in [5.74, 6) is -3.55. The Morgan fingerprint density at radius 3 is 2.44 bits per heavy atom. The number of cyclic esters (lactones) is 1. The van der Waals surface area contributed by atoms with Gasteiger partial charge >= 0.3 is 11.9 Å². The van der Waals surface area contributed by atoms with Crippen LogP contribution >= 0.6 is 0 Å². The summed E-state index contributed by atoms with van der Waals surface area (Å²) in [5, 5.41) is 11.0. The summed E-state index contributed by atoms with van der Waals surface area (Å²) in [6, 6.07) is 10.3. The first kappa shape index (κ1) is 29.8. The normalized spacial score (nSPS) is 37.1. The molecule has 2 heterocycles. The zero-order chi connectivity index (χ0) is 30.7. The number of carbonyl (C=O) groups excluding carboxylic acids is 4. The lowest BCUT2D eigenvalue weighted by molar-refractivity contribution is -0.175. The standard InChI is InChI=1S/C34H41NO8/c1-19(36)42-24-16-33(2)23(10-11-25(33)37)27-29(24)34(3)26(18-41-4)43-32(40)22(28(34)31(39)30(27)38)17-35-14-12-21(13-15-35)20-8-6-5-7-9-20/h5-9,17,21,23-26,28,37H,10-16,18H2,1-4H3/t23?,24-,25+,26-,28?,33+,34+/m1/s1. The highest BCUT2D eigenvalue weighted by Gasteiger charge is 2.67. The molecule has 3 fully saturated rings. The van der Waals surface area contributed by atoms with Gasteiger partial charge in [0, 0.05) is 49.7 Å². The summed E-state index contributed by atoms with van der Waals surface area (Å²) in [7, 11) is 1.49. The Kier molecular flexibility index (Phi) is 7.62. The fourth-order valence-corrected chi connectivity index (χ4v) is 8.77. The van der Waals surface area contributed by atoms with Gasteiger partial charge in [-0.15, -0.1) is 0 Å². The van der Waals surface area contributed by atoms with Crippen LogP contribution in [0.2, 0.25) is 0 Å². The number of rotatable bonds is 5. The number of fused-ring (bicyclic) bond motifs is 4. The van der Waals surface area contributed by atoms with Gasteiger partial charge in [0.1, 0.15) is 12.2 Å². The lowest BCUT2D eigenvalue weighted by Crippen LogP contribution is -2.63. The third-order valence-corrected chi connectivity index (χ3v) is 11.0. The highest BCUT2D eigenvalue weighted by atomic mass is 16.6. The van der Waals surface area contributed by atoms with E-state index < -0.39 is 58.6 Å².